The largest absolute Gasteiger partial charge is 0.504 e. The molecule has 9 nitrogen and oxygen atoms in total. The first-order valence-corrected chi connectivity index (χ1v) is 13.6. The molecule has 0 saturated heterocycles. The van der Waals surface area contributed by atoms with Gasteiger partial charge in [0.1, 0.15) is 17.5 Å². The number of methoxy groups -OCH3 is 2. The van der Waals surface area contributed by atoms with E-state index in [2.05, 4.69) is 11.6 Å². The molecule has 3 aromatic rings. The maximum absolute atomic E-state index is 14.0. The van der Waals surface area contributed by atoms with Gasteiger partial charge in [-0.1, -0.05) is 17.4 Å². The number of benzene rings is 2. The Morgan fingerprint density at radius 2 is 1.93 bits per heavy atom. The highest BCUT2D eigenvalue weighted by Crippen LogP contribution is 2.38. The molecule has 210 valence electrons. The Labute approximate surface area is 235 Å². The van der Waals surface area contributed by atoms with E-state index in [1.54, 1.807) is 63.4 Å². The molecule has 1 aromatic heterocycles. The summed E-state index contributed by atoms with van der Waals surface area (Å²) in [4.78, 5) is 32.2. The molecule has 2 heterocycles. The van der Waals surface area contributed by atoms with Gasteiger partial charge >= 0.3 is 5.97 Å². The molecule has 1 aliphatic heterocycles. The summed E-state index contributed by atoms with van der Waals surface area (Å²) in [6, 6.07) is 7.86. The van der Waals surface area contributed by atoms with Crippen LogP contribution < -0.4 is 29.1 Å². The first kappa shape index (κ1) is 28.7. The Bertz CT molecular complexity index is 1670. The zero-order chi connectivity index (χ0) is 29.0. The standard InChI is InChI=1S/C30H32N2O7S/c1-7-10-19-13-18(14-23(27(19)33)38-8-2)15-24-28(34)32-26(21-12-11-20(36-5)16-22(21)37-6)25(29(35)39-9-3)17(4)31-30(32)40-24/h7,11-16,26,33H,1,8-10H2,2-6H3/b24-15+/t26-/m1/s1. The SMILES string of the molecule is C=CCc1cc(/C=c2/sc3n(c2=O)[C@H](c2ccc(OC)cc2OC)C(C(=O)OCC)=C(C)N=3)cc(OCC)c1O. The van der Waals surface area contributed by atoms with E-state index in [0.717, 1.165) is 0 Å². The first-order valence-electron chi connectivity index (χ1n) is 12.8. The van der Waals surface area contributed by atoms with Gasteiger partial charge in [0.2, 0.25) is 0 Å². The van der Waals surface area contributed by atoms with Gasteiger partial charge < -0.3 is 24.1 Å². The van der Waals surface area contributed by atoms with Crippen LogP contribution in [0.4, 0.5) is 0 Å². The summed E-state index contributed by atoms with van der Waals surface area (Å²) in [7, 11) is 3.07. The minimum Gasteiger partial charge on any atom is -0.504 e. The van der Waals surface area contributed by atoms with Crippen molar-refractivity contribution >= 4 is 23.4 Å². The Hall–Kier alpha value is -4.31. The Morgan fingerprint density at radius 1 is 1.15 bits per heavy atom. The van der Waals surface area contributed by atoms with Gasteiger partial charge in [-0.15, -0.1) is 6.58 Å². The Balaban J connectivity index is 1.98. The average molecular weight is 565 g/mol. The van der Waals surface area contributed by atoms with Gasteiger partial charge in [-0.2, -0.15) is 0 Å². The second kappa shape index (κ2) is 12.3. The van der Waals surface area contributed by atoms with Gasteiger partial charge in [-0.25, -0.2) is 9.79 Å². The van der Waals surface area contributed by atoms with E-state index in [1.807, 2.05) is 6.92 Å². The number of phenols is 1. The fraction of sp³-hybridized carbons (Fsp3) is 0.300. The van der Waals surface area contributed by atoms with Crippen LogP contribution in [-0.4, -0.2) is 43.1 Å². The van der Waals surface area contributed by atoms with Gasteiger partial charge in [0.15, 0.2) is 16.3 Å². The van der Waals surface area contributed by atoms with Crippen LogP contribution in [-0.2, 0) is 16.0 Å². The lowest BCUT2D eigenvalue weighted by Crippen LogP contribution is -2.40. The van der Waals surface area contributed by atoms with Crippen molar-refractivity contribution in [1.29, 1.82) is 0 Å². The third-order valence-electron chi connectivity index (χ3n) is 6.39. The van der Waals surface area contributed by atoms with Crippen LogP contribution in [0, 0.1) is 0 Å². The lowest BCUT2D eigenvalue weighted by Gasteiger charge is -2.26. The topological polar surface area (TPSA) is 109 Å². The molecule has 4 rings (SSSR count). The van der Waals surface area contributed by atoms with Crippen LogP contribution in [0.15, 0.2) is 64.0 Å². The summed E-state index contributed by atoms with van der Waals surface area (Å²) in [6.45, 7) is 9.57. The van der Waals surface area contributed by atoms with E-state index in [4.69, 9.17) is 18.9 Å². The van der Waals surface area contributed by atoms with Crippen molar-refractivity contribution < 1.29 is 28.8 Å². The number of fused-ring (bicyclic) bond motifs is 1. The number of hydrogen-bond donors (Lipinski definition) is 1. The summed E-state index contributed by atoms with van der Waals surface area (Å²) < 4.78 is 23.9. The number of ether oxygens (including phenoxy) is 4. The zero-order valence-electron chi connectivity index (χ0n) is 23.1. The third kappa shape index (κ3) is 5.40. The number of carbonyl (C=O) groups is 1. The van der Waals surface area contributed by atoms with Crippen molar-refractivity contribution in [2.45, 2.75) is 33.2 Å². The van der Waals surface area contributed by atoms with Gasteiger partial charge in [0.25, 0.3) is 5.56 Å². The van der Waals surface area contributed by atoms with E-state index in [1.165, 1.54) is 23.0 Å². The fourth-order valence-corrected chi connectivity index (χ4v) is 5.68. The van der Waals surface area contributed by atoms with Gasteiger partial charge in [0, 0.05) is 17.2 Å². The highest BCUT2D eigenvalue weighted by Gasteiger charge is 2.35. The third-order valence-corrected chi connectivity index (χ3v) is 7.37. The lowest BCUT2D eigenvalue weighted by molar-refractivity contribution is -0.139. The fourth-order valence-electron chi connectivity index (χ4n) is 4.63. The second-order valence-electron chi connectivity index (χ2n) is 8.86. The van der Waals surface area contributed by atoms with E-state index >= 15 is 0 Å². The molecule has 0 unspecified atom stereocenters. The van der Waals surface area contributed by atoms with E-state index in [9.17, 15) is 14.7 Å². The molecule has 10 heteroatoms. The number of aromatic hydroxyl groups is 1. The molecule has 0 saturated carbocycles. The van der Waals surface area contributed by atoms with Crippen molar-refractivity contribution in [3.63, 3.8) is 0 Å². The summed E-state index contributed by atoms with van der Waals surface area (Å²) in [5.41, 5.74) is 2.25. The summed E-state index contributed by atoms with van der Waals surface area (Å²) in [6.07, 6.45) is 3.84. The number of allylic oxidation sites excluding steroid dienone is 2. The minimum atomic E-state index is -0.839. The molecule has 0 fully saturated rings. The minimum absolute atomic E-state index is 0.0432. The molecule has 0 aliphatic carbocycles. The predicted molar refractivity (Wildman–Crippen MR) is 153 cm³/mol. The van der Waals surface area contributed by atoms with Crippen LogP contribution in [0.1, 0.15) is 43.5 Å². The predicted octanol–water partition coefficient (Wildman–Crippen LogP) is 3.65. The van der Waals surface area contributed by atoms with Gasteiger partial charge in [0.05, 0.1) is 43.2 Å². The zero-order valence-corrected chi connectivity index (χ0v) is 24.0. The van der Waals surface area contributed by atoms with Crippen molar-refractivity contribution in [2.24, 2.45) is 4.99 Å². The number of carbonyl (C=O) groups excluding carboxylic acids is 1. The molecular formula is C30H32N2O7S. The molecule has 0 amide bonds. The summed E-state index contributed by atoms with van der Waals surface area (Å²) in [5, 5.41) is 10.6. The molecule has 2 aromatic carbocycles. The molecule has 1 atom stereocenters. The highest BCUT2D eigenvalue weighted by atomic mass is 32.1. The number of aromatic nitrogens is 1. The highest BCUT2D eigenvalue weighted by molar-refractivity contribution is 7.07. The maximum Gasteiger partial charge on any atom is 0.338 e. The number of hydrogen-bond acceptors (Lipinski definition) is 9. The van der Waals surface area contributed by atoms with Crippen LogP contribution in [0.2, 0.25) is 0 Å². The van der Waals surface area contributed by atoms with E-state index in [-0.39, 0.29) is 23.5 Å². The van der Waals surface area contributed by atoms with E-state index in [0.29, 0.717) is 62.0 Å². The number of rotatable bonds is 10. The number of nitrogens with zero attached hydrogens (tertiary/aromatic N) is 2. The van der Waals surface area contributed by atoms with E-state index < -0.39 is 12.0 Å². The number of thiazole rings is 1. The van der Waals surface area contributed by atoms with Crippen molar-refractivity contribution in [2.75, 3.05) is 27.4 Å². The normalized spacial score (nSPS) is 14.8. The van der Waals surface area contributed by atoms with Crippen LogP contribution in [0.5, 0.6) is 23.0 Å². The van der Waals surface area contributed by atoms with Crippen molar-refractivity contribution in [3.05, 3.63) is 90.6 Å². The van der Waals surface area contributed by atoms with Gasteiger partial charge in [-0.05, 0) is 63.1 Å². The molecular weight excluding hydrogens is 532 g/mol. The van der Waals surface area contributed by atoms with Crippen molar-refractivity contribution in [1.82, 2.24) is 4.57 Å². The Morgan fingerprint density at radius 3 is 2.58 bits per heavy atom. The Kier molecular flexibility index (Phi) is 8.79. The smallest absolute Gasteiger partial charge is 0.338 e. The monoisotopic (exact) mass is 564 g/mol. The summed E-state index contributed by atoms with van der Waals surface area (Å²) in [5.74, 6) is 0.822. The second-order valence-corrected chi connectivity index (χ2v) is 9.87. The number of phenolic OH excluding ortho intramolecular Hbond substituents is 1. The average Bonchev–Trinajstić information content (AvgIpc) is 3.24. The molecule has 1 N–H and O–H groups in total. The van der Waals surface area contributed by atoms with Crippen LogP contribution in [0.25, 0.3) is 6.08 Å². The molecule has 1 aliphatic rings. The molecule has 0 radical (unpaired) electrons. The lowest BCUT2D eigenvalue weighted by atomic mass is 9.95. The summed E-state index contributed by atoms with van der Waals surface area (Å²) >= 11 is 1.20. The maximum atomic E-state index is 14.0. The van der Waals surface area contributed by atoms with Crippen LogP contribution in [0.3, 0.4) is 0 Å². The molecule has 0 bridgehead atoms. The molecule has 0 spiro atoms. The number of esters is 1. The van der Waals surface area contributed by atoms with Crippen molar-refractivity contribution in [3.8, 4) is 23.0 Å². The van der Waals surface area contributed by atoms with Crippen LogP contribution >= 0.6 is 11.3 Å². The van der Waals surface area contributed by atoms with Gasteiger partial charge in [-0.3, -0.25) is 9.36 Å². The first-order chi connectivity index (χ1) is 19.3. The molecule has 40 heavy (non-hydrogen) atoms. The quantitative estimate of drug-likeness (QED) is 0.296.